The van der Waals surface area contributed by atoms with Crippen LogP contribution in [0, 0.1) is 5.82 Å². The predicted octanol–water partition coefficient (Wildman–Crippen LogP) is 7.15. The molecule has 2 atom stereocenters. The molecule has 0 aliphatic carbocycles. The van der Waals surface area contributed by atoms with Crippen LogP contribution in [0.5, 0.6) is 0 Å². The molecule has 1 aliphatic rings. The summed E-state index contributed by atoms with van der Waals surface area (Å²) >= 11 is 6.89. The zero-order chi connectivity index (χ0) is 34.4. The number of anilines is 1. The van der Waals surface area contributed by atoms with Crippen LogP contribution in [0.1, 0.15) is 64.8 Å². The Kier molecular flexibility index (Phi) is 8.91. The molecule has 10 nitrogen and oxygen atoms in total. The fraction of sp³-hybridized carbons (Fsp3) is 0.333. The van der Waals surface area contributed by atoms with Gasteiger partial charge in [0.2, 0.25) is 5.91 Å². The molecule has 0 unspecified atom stereocenters. The Bertz CT molecular complexity index is 2060. The summed E-state index contributed by atoms with van der Waals surface area (Å²) in [5.41, 5.74) is 2.43. The second kappa shape index (κ2) is 13.0. The van der Waals surface area contributed by atoms with Crippen LogP contribution in [0.3, 0.4) is 0 Å². The summed E-state index contributed by atoms with van der Waals surface area (Å²) in [6.07, 6.45) is 4.44. The number of fused-ring (bicyclic) bond motifs is 1. The fourth-order valence-electron chi connectivity index (χ4n) is 6.26. The van der Waals surface area contributed by atoms with Crippen molar-refractivity contribution < 1.29 is 13.6 Å². The highest BCUT2D eigenvalue weighted by Crippen LogP contribution is 2.38. The summed E-state index contributed by atoms with van der Waals surface area (Å²) in [5.74, 6) is -0.0929. The standard InChI is InChI=1S/C36H37ClFN7O3/c1-8-28(46)43-16-22(7)44(17-21(43)6)34-25-15-26(37)31(24-11-9-10-12-27(24)38)41-35(25)45(36(47)42-34)32-29(19(2)3)39-33(23-13-14-48-18-23)40-30(32)20(4)5/h8-15,18-22H,1,16-17H2,2-7H3/t21-,22+/m1/s1. The zero-order valence-electron chi connectivity index (χ0n) is 27.7. The number of halogens is 2. The Morgan fingerprint density at radius 2 is 1.71 bits per heavy atom. The summed E-state index contributed by atoms with van der Waals surface area (Å²) in [5, 5.41) is 0.687. The van der Waals surface area contributed by atoms with Crippen molar-refractivity contribution in [2.24, 2.45) is 0 Å². The molecule has 5 heterocycles. The van der Waals surface area contributed by atoms with E-state index in [0.717, 1.165) is 0 Å². The number of aromatic nitrogens is 5. The van der Waals surface area contributed by atoms with Gasteiger partial charge in [0.25, 0.3) is 0 Å². The number of nitrogens with zero attached hydrogens (tertiary/aromatic N) is 7. The fourth-order valence-corrected chi connectivity index (χ4v) is 6.51. The van der Waals surface area contributed by atoms with Crippen molar-refractivity contribution in [1.29, 1.82) is 0 Å². The molecule has 0 radical (unpaired) electrons. The van der Waals surface area contributed by atoms with Gasteiger partial charge < -0.3 is 14.2 Å². The number of piperazine rings is 1. The van der Waals surface area contributed by atoms with Crippen molar-refractivity contribution in [3.05, 3.63) is 94.3 Å². The molecular weight excluding hydrogens is 633 g/mol. The average Bonchev–Trinajstić information content (AvgIpc) is 3.60. The number of benzene rings is 1. The molecule has 48 heavy (non-hydrogen) atoms. The molecule has 248 valence electrons. The summed E-state index contributed by atoms with van der Waals surface area (Å²) in [6, 6.07) is 9.30. The number of pyridine rings is 1. The molecule has 1 amide bonds. The minimum atomic E-state index is -0.597. The number of furan rings is 1. The molecule has 5 aromatic rings. The smallest absolute Gasteiger partial charge is 0.355 e. The van der Waals surface area contributed by atoms with Gasteiger partial charge in [-0.2, -0.15) is 4.98 Å². The highest BCUT2D eigenvalue weighted by Gasteiger charge is 2.34. The first-order chi connectivity index (χ1) is 22.9. The van der Waals surface area contributed by atoms with Crippen LogP contribution in [-0.2, 0) is 4.79 Å². The van der Waals surface area contributed by atoms with Crippen molar-refractivity contribution in [1.82, 2.24) is 29.4 Å². The summed E-state index contributed by atoms with van der Waals surface area (Å²) in [6.45, 7) is 16.3. The lowest BCUT2D eigenvalue weighted by molar-refractivity contribution is -0.128. The van der Waals surface area contributed by atoms with Gasteiger partial charge in [-0.3, -0.25) is 4.79 Å². The zero-order valence-corrected chi connectivity index (χ0v) is 28.5. The van der Waals surface area contributed by atoms with Crippen LogP contribution in [0.4, 0.5) is 10.2 Å². The Balaban J connectivity index is 1.69. The third kappa shape index (κ3) is 5.76. The van der Waals surface area contributed by atoms with Gasteiger partial charge in [0.05, 0.1) is 45.0 Å². The van der Waals surface area contributed by atoms with E-state index in [0.29, 0.717) is 52.8 Å². The molecule has 0 N–H and O–H groups in total. The maximum absolute atomic E-state index is 15.2. The third-order valence-corrected chi connectivity index (χ3v) is 8.97. The lowest BCUT2D eigenvalue weighted by atomic mass is 10.0. The maximum Gasteiger partial charge on any atom is 0.355 e. The molecule has 0 saturated carbocycles. The normalized spacial score (nSPS) is 16.7. The predicted molar refractivity (Wildman–Crippen MR) is 185 cm³/mol. The van der Waals surface area contributed by atoms with Crippen LogP contribution in [0.15, 0.2) is 70.8 Å². The molecule has 4 aromatic heterocycles. The van der Waals surface area contributed by atoms with Crippen molar-refractivity contribution in [2.75, 3.05) is 18.0 Å². The number of hydrogen-bond donors (Lipinski definition) is 0. The van der Waals surface area contributed by atoms with E-state index in [2.05, 4.69) is 11.6 Å². The largest absolute Gasteiger partial charge is 0.472 e. The third-order valence-electron chi connectivity index (χ3n) is 8.68. The van der Waals surface area contributed by atoms with Crippen molar-refractivity contribution >= 4 is 34.4 Å². The van der Waals surface area contributed by atoms with E-state index >= 15 is 4.39 Å². The first kappa shape index (κ1) is 33.0. The molecule has 12 heteroatoms. The van der Waals surface area contributed by atoms with Crippen molar-refractivity contribution in [3.63, 3.8) is 0 Å². The van der Waals surface area contributed by atoms with Gasteiger partial charge in [-0.05, 0) is 56.0 Å². The number of amides is 1. The molecule has 1 fully saturated rings. The van der Waals surface area contributed by atoms with Crippen LogP contribution in [-0.4, -0.2) is 60.5 Å². The minimum absolute atomic E-state index is 0.137. The SMILES string of the molecule is C=CC(=O)N1C[C@H](C)N(c2nc(=O)n(-c3c(C(C)C)nc(-c4ccoc4)nc3C(C)C)c3nc(-c4ccccc4F)c(Cl)cc23)C[C@H]1C. The Hall–Kier alpha value is -4.90. The Morgan fingerprint density at radius 3 is 2.31 bits per heavy atom. The van der Waals surface area contributed by atoms with E-state index < -0.39 is 11.5 Å². The first-order valence-corrected chi connectivity index (χ1v) is 16.3. The monoisotopic (exact) mass is 669 g/mol. The van der Waals surface area contributed by atoms with Gasteiger partial charge in [-0.1, -0.05) is 58.0 Å². The number of carbonyl (C=O) groups excluding carboxylic acids is 1. The molecule has 0 spiro atoms. The van der Waals surface area contributed by atoms with E-state index in [4.69, 9.17) is 31.0 Å². The van der Waals surface area contributed by atoms with E-state index in [1.54, 1.807) is 47.8 Å². The molecule has 1 aliphatic heterocycles. The minimum Gasteiger partial charge on any atom is -0.472 e. The second-order valence-electron chi connectivity index (χ2n) is 12.8. The summed E-state index contributed by atoms with van der Waals surface area (Å²) in [7, 11) is 0. The van der Waals surface area contributed by atoms with E-state index in [9.17, 15) is 9.59 Å². The van der Waals surface area contributed by atoms with Gasteiger partial charge in [0.1, 0.15) is 17.9 Å². The average molecular weight is 670 g/mol. The lowest BCUT2D eigenvalue weighted by Crippen LogP contribution is -2.58. The quantitative estimate of drug-likeness (QED) is 0.168. The van der Waals surface area contributed by atoms with Gasteiger partial charge in [0.15, 0.2) is 11.5 Å². The maximum atomic E-state index is 15.2. The number of carbonyl (C=O) groups is 1. The van der Waals surface area contributed by atoms with Crippen LogP contribution < -0.4 is 10.6 Å². The molecule has 1 saturated heterocycles. The molecule has 6 rings (SSSR count). The molecular formula is C36H37ClFN7O3. The molecule has 1 aromatic carbocycles. The van der Waals surface area contributed by atoms with E-state index in [1.807, 2.05) is 46.4 Å². The summed E-state index contributed by atoms with van der Waals surface area (Å²) in [4.78, 5) is 50.3. The first-order valence-electron chi connectivity index (χ1n) is 15.9. The summed E-state index contributed by atoms with van der Waals surface area (Å²) < 4.78 is 22.0. The highest BCUT2D eigenvalue weighted by molar-refractivity contribution is 6.33. The second-order valence-corrected chi connectivity index (χ2v) is 13.2. The lowest BCUT2D eigenvalue weighted by Gasteiger charge is -2.44. The van der Waals surface area contributed by atoms with Crippen LogP contribution >= 0.6 is 11.6 Å². The van der Waals surface area contributed by atoms with E-state index in [-0.39, 0.29) is 51.8 Å². The number of hydrogen-bond acceptors (Lipinski definition) is 8. The number of rotatable bonds is 7. The molecule has 0 bridgehead atoms. The Labute approximate surface area is 282 Å². The van der Waals surface area contributed by atoms with Crippen LogP contribution in [0.2, 0.25) is 5.02 Å². The van der Waals surface area contributed by atoms with Gasteiger partial charge in [0, 0.05) is 30.7 Å². The van der Waals surface area contributed by atoms with Crippen molar-refractivity contribution in [3.8, 4) is 28.3 Å². The van der Waals surface area contributed by atoms with Crippen molar-refractivity contribution in [2.45, 2.75) is 65.5 Å². The van der Waals surface area contributed by atoms with E-state index in [1.165, 1.54) is 16.7 Å². The van der Waals surface area contributed by atoms with Gasteiger partial charge in [-0.25, -0.2) is 28.7 Å². The topological polar surface area (TPSA) is 110 Å². The highest BCUT2D eigenvalue weighted by atomic mass is 35.5. The van der Waals surface area contributed by atoms with Gasteiger partial charge in [-0.15, -0.1) is 0 Å². The van der Waals surface area contributed by atoms with Crippen LogP contribution in [0.25, 0.3) is 39.4 Å². The Morgan fingerprint density at radius 1 is 1.02 bits per heavy atom. The van der Waals surface area contributed by atoms with Gasteiger partial charge >= 0.3 is 5.69 Å².